The third kappa shape index (κ3) is 5.26. The molecule has 0 saturated heterocycles. The summed E-state index contributed by atoms with van der Waals surface area (Å²) in [5.74, 6) is 4.39. The summed E-state index contributed by atoms with van der Waals surface area (Å²) in [4.78, 5) is 14.4. The van der Waals surface area contributed by atoms with Crippen molar-refractivity contribution < 1.29 is 14.4 Å². The molecule has 0 aromatic carbocycles. The highest BCUT2D eigenvalue weighted by Crippen LogP contribution is 1.89. The highest BCUT2D eigenvalue weighted by Gasteiger charge is 2.02. The Balaban J connectivity index is 3.26. The van der Waals surface area contributed by atoms with Crippen molar-refractivity contribution >= 4 is 5.97 Å². The van der Waals surface area contributed by atoms with E-state index in [1.165, 1.54) is 6.92 Å². The normalized spacial score (nSPS) is 12.8. The van der Waals surface area contributed by atoms with Crippen molar-refractivity contribution in [2.45, 2.75) is 20.0 Å². The topological polar surface area (TPSA) is 61.5 Å². The molecule has 0 aromatic heterocycles. The van der Waals surface area contributed by atoms with Crippen LogP contribution >= 0.6 is 0 Å². The van der Waals surface area contributed by atoms with Gasteiger partial charge in [-0.2, -0.15) is 0 Å². The summed E-state index contributed by atoms with van der Waals surface area (Å²) in [6.45, 7) is 3.28. The van der Waals surface area contributed by atoms with E-state index in [-0.39, 0.29) is 18.7 Å². The average molecular weight is 133 g/mol. The van der Waals surface area contributed by atoms with Crippen LogP contribution in [0.15, 0.2) is 0 Å². The fraction of sp³-hybridized carbons (Fsp3) is 0.800. The van der Waals surface area contributed by atoms with Crippen molar-refractivity contribution in [2.75, 3.05) is 6.61 Å². The first kappa shape index (κ1) is 8.39. The average Bonchev–Trinajstić information content (AvgIpc) is 1.63. The lowest BCUT2D eigenvalue weighted by Gasteiger charge is -2.08. The summed E-state index contributed by atoms with van der Waals surface area (Å²) in [6, 6.07) is 0. The van der Waals surface area contributed by atoms with Gasteiger partial charge in [0.1, 0.15) is 12.7 Å². The monoisotopic (exact) mass is 133 g/mol. The first-order valence-corrected chi connectivity index (χ1v) is 2.65. The molecule has 1 unspecified atom stereocenters. The molecule has 1 atom stereocenters. The van der Waals surface area contributed by atoms with Gasteiger partial charge < -0.3 is 9.57 Å². The Bertz CT molecular complexity index is 94.2. The summed E-state index contributed by atoms with van der Waals surface area (Å²) in [5.41, 5.74) is 0. The summed E-state index contributed by atoms with van der Waals surface area (Å²) >= 11 is 0. The number of carbonyl (C=O) groups is 1. The van der Waals surface area contributed by atoms with Gasteiger partial charge in [-0.3, -0.25) is 4.79 Å². The molecular weight excluding hydrogens is 122 g/mol. The van der Waals surface area contributed by atoms with Crippen LogP contribution in [-0.2, 0) is 14.4 Å². The highest BCUT2D eigenvalue weighted by molar-refractivity contribution is 5.66. The van der Waals surface area contributed by atoms with Gasteiger partial charge in [0.15, 0.2) is 0 Å². The number of hydrogen-bond donors (Lipinski definition) is 1. The molecule has 4 heteroatoms. The maximum absolute atomic E-state index is 10.2. The molecule has 0 aromatic rings. The Morgan fingerprint density at radius 2 is 2.33 bits per heavy atom. The van der Waals surface area contributed by atoms with Crippen LogP contribution in [0.5, 0.6) is 0 Å². The van der Waals surface area contributed by atoms with Gasteiger partial charge in [0.05, 0.1) is 0 Å². The van der Waals surface area contributed by atoms with Crippen LogP contribution in [0.1, 0.15) is 13.8 Å². The van der Waals surface area contributed by atoms with Crippen molar-refractivity contribution in [3.8, 4) is 0 Å². The molecule has 0 saturated carbocycles. The van der Waals surface area contributed by atoms with Crippen LogP contribution in [0.25, 0.3) is 0 Å². The zero-order valence-electron chi connectivity index (χ0n) is 5.59. The van der Waals surface area contributed by atoms with Crippen molar-refractivity contribution in [1.29, 1.82) is 0 Å². The molecule has 0 spiro atoms. The number of ether oxygens (including phenoxy) is 1. The zero-order valence-corrected chi connectivity index (χ0v) is 5.59. The van der Waals surface area contributed by atoms with Crippen LogP contribution in [0.3, 0.4) is 0 Å². The second kappa shape index (κ2) is 4.29. The van der Waals surface area contributed by atoms with Crippen LogP contribution < -0.4 is 5.90 Å². The van der Waals surface area contributed by atoms with E-state index in [1.54, 1.807) is 6.92 Å². The molecular formula is C5H11NO3. The number of rotatable bonds is 3. The number of nitrogens with two attached hydrogens (primary N) is 1. The molecule has 0 radical (unpaired) electrons. The minimum Gasteiger partial charge on any atom is -0.460 e. The molecule has 0 rings (SSSR count). The second-order valence-corrected chi connectivity index (χ2v) is 1.75. The SMILES string of the molecule is CC(=O)OC(C)CON. The number of esters is 1. The highest BCUT2D eigenvalue weighted by atomic mass is 16.6. The Morgan fingerprint density at radius 1 is 1.78 bits per heavy atom. The van der Waals surface area contributed by atoms with Crippen LogP contribution in [0.4, 0.5) is 0 Å². The van der Waals surface area contributed by atoms with E-state index in [0.29, 0.717) is 0 Å². The molecule has 0 bridgehead atoms. The van der Waals surface area contributed by atoms with Gasteiger partial charge in [0, 0.05) is 6.92 Å². The summed E-state index contributed by atoms with van der Waals surface area (Å²) in [5, 5.41) is 0. The fourth-order valence-electron chi connectivity index (χ4n) is 0.453. The summed E-state index contributed by atoms with van der Waals surface area (Å²) < 4.78 is 4.65. The second-order valence-electron chi connectivity index (χ2n) is 1.75. The minimum absolute atomic E-state index is 0.236. The van der Waals surface area contributed by atoms with Crippen LogP contribution in [0, 0.1) is 0 Å². The van der Waals surface area contributed by atoms with E-state index in [2.05, 4.69) is 9.57 Å². The molecule has 0 heterocycles. The standard InChI is InChI=1S/C5H11NO3/c1-4(3-8-6)9-5(2)7/h4H,3,6H2,1-2H3. The Hall–Kier alpha value is -0.610. The lowest BCUT2D eigenvalue weighted by Crippen LogP contribution is -2.20. The first-order valence-electron chi connectivity index (χ1n) is 2.65. The quantitative estimate of drug-likeness (QED) is 0.429. The van der Waals surface area contributed by atoms with Crippen molar-refractivity contribution in [2.24, 2.45) is 5.90 Å². The molecule has 4 nitrogen and oxygen atoms in total. The Labute approximate surface area is 53.9 Å². The van der Waals surface area contributed by atoms with E-state index in [0.717, 1.165) is 0 Å². The van der Waals surface area contributed by atoms with Crippen molar-refractivity contribution in [1.82, 2.24) is 0 Å². The Morgan fingerprint density at radius 3 is 2.67 bits per heavy atom. The number of carbonyl (C=O) groups excluding carboxylic acids is 1. The molecule has 0 aliphatic heterocycles. The predicted octanol–water partition coefficient (Wildman–Crippen LogP) is -0.172. The van der Waals surface area contributed by atoms with E-state index in [1.807, 2.05) is 0 Å². The lowest BCUT2D eigenvalue weighted by molar-refractivity contribution is -0.148. The number of hydrogen-bond acceptors (Lipinski definition) is 4. The van der Waals surface area contributed by atoms with Gasteiger partial charge in [-0.25, -0.2) is 5.90 Å². The lowest BCUT2D eigenvalue weighted by atomic mass is 10.4. The molecule has 0 fully saturated rings. The van der Waals surface area contributed by atoms with Crippen LogP contribution in [0.2, 0.25) is 0 Å². The first-order chi connectivity index (χ1) is 4.16. The van der Waals surface area contributed by atoms with E-state index < -0.39 is 0 Å². The van der Waals surface area contributed by atoms with E-state index >= 15 is 0 Å². The van der Waals surface area contributed by atoms with E-state index in [4.69, 9.17) is 5.90 Å². The largest absolute Gasteiger partial charge is 0.460 e. The Kier molecular flexibility index (Phi) is 4.00. The third-order valence-corrected chi connectivity index (χ3v) is 0.698. The predicted molar refractivity (Wildman–Crippen MR) is 31.4 cm³/mol. The molecule has 2 N–H and O–H groups in total. The van der Waals surface area contributed by atoms with Gasteiger partial charge in [-0.1, -0.05) is 0 Å². The molecule has 54 valence electrons. The smallest absolute Gasteiger partial charge is 0.302 e. The molecule has 9 heavy (non-hydrogen) atoms. The molecule has 0 amide bonds. The van der Waals surface area contributed by atoms with Gasteiger partial charge in [-0.15, -0.1) is 0 Å². The zero-order chi connectivity index (χ0) is 7.28. The summed E-state index contributed by atoms with van der Waals surface area (Å²) in [6.07, 6.45) is -0.257. The minimum atomic E-state index is -0.320. The molecule has 0 aliphatic rings. The van der Waals surface area contributed by atoms with Crippen LogP contribution in [-0.4, -0.2) is 18.7 Å². The van der Waals surface area contributed by atoms with E-state index in [9.17, 15) is 4.79 Å². The van der Waals surface area contributed by atoms with Gasteiger partial charge in [0.25, 0.3) is 0 Å². The molecule has 0 aliphatic carbocycles. The van der Waals surface area contributed by atoms with Gasteiger partial charge in [0.2, 0.25) is 0 Å². The van der Waals surface area contributed by atoms with Gasteiger partial charge >= 0.3 is 5.97 Å². The maximum Gasteiger partial charge on any atom is 0.302 e. The van der Waals surface area contributed by atoms with Crippen molar-refractivity contribution in [3.63, 3.8) is 0 Å². The van der Waals surface area contributed by atoms with Crippen molar-refractivity contribution in [3.05, 3.63) is 0 Å². The van der Waals surface area contributed by atoms with Gasteiger partial charge in [-0.05, 0) is 6.92 Å². The fourth-order valence-corrected chi connectivity index (χ4v) is 0.453. The third-order valence-electron chi connectivity index (χ3n) is 0.698. The maximum atomic E-state index is 10.2. The summed E-state index contributed by atoms with van der Waals surface area (Å²) in [7, 11) is 0.